The number of Topliss-reactive ketones (excluding diaryl/α,β-unsaturated/α-hetero) is 1. The molecule has 2 aliphatic rings. The number of nitro benzene ring substituents is 1. The lowest BCUT2D eigenvalue weighted by Gasteiger charge is -2.40. The van der Waals surface area contributed by atoms with E-state index in [0.29, 0.717) is 28.9 Å². The van der Waals surface area contributed by atoms with Crippen molar-refractivity contribution in [2.75, 3.05) is 0 Å². The van der Waals surface area contributed by atoms with Crippen LogP contribution in [0, 0.1) is 15.5 Å². The third-order valence-corrected chi connectivity index (χ3v) is 5.79. The number of esters is 1. The molecule has 1 heterocycles. The van der Waals surface area contributed by atoms with Crippen LogP contribution >= 0.6 is 0 Å². The number of carbonyl (C=O) groups excluding carboxylic acids is 3. The Morgan fingerprint density at radius 2 is 1.72 bits per heavy atom. The number of ether oxygens (including phenoxy) is 1. The molecule has 0 saturated heterocycles. The maximum absolute atomic E-state index is 13.1. The molecular formula is C24H22N2O6. The number of benzene rings is 2. The van der Waals surface area contributed by atoms with Crippen molar-refractivity contribution in [1.82, 2.24) is 5.32 Å². The molecule has 32 heavy (non-hydrogen) atoms. The smallest absolute Gasteiger partial charge is 0.334 e. The topological polar surface area (TPSA) is 116 Å². The molecule has 0 bridgehead atoms. The van der Waals surface area contributed by atoms with Gasteiger partial charge in [-0.1, -0.05) is 44.2 Å². The fourth-order valence-electron chi connectivity index (χ4n) is 4.32. The van der Waals surface area contributed by atoms with Crippen LogP contribution in [0.3, 0.4) is 0 Å². The van der Waals surface area contributed by atoms with Crippen LogP contribution in [-0.2, 0) is 14.3 Å². The molecule has 1 N–H and O–H groups in total. The number of rotatable bonds is 4. The van der Waals surface area contributed by atoms with Crippen molar-refractivity contribution in [3.05, 3.63) is 87.2 Å². The summed E-state index contributed by atoms with van der Waals surface area (Å²) >= 11 is 0. The van der Waals surface area contributed by atoms with Gasteiger partial charge in [-0.3, -0.25) is 19.7 Å². The number of hydrogen-bond donors (Lipinski definition) is 1. The number of allylic oxidation sites excluding steroid dienone is 1. The molecule has 2 aromatic rings. The van der Waals surface area contributed by atoms with Gasteiger partial charge in [0, 0.05) is 42.0 Å². The Hall–Kier alpha value is -3.81. The Kier molecular flexibility index (Phi) is 5.38. The van der Waals surface area contributed by atoms with E-state index in [1.54, 1.807) is 30.3 Å². The van der Waals surface area contributed by atoms with Crippen LogP contribution in [0.2, 0.25) is 0 Å². The lowest BCUT2D eigenvalue weighted by molar-refractivity contribution is -0.384. The van der Waals surface area contributed by atoms with Crippen LogP contribution < -0.4 is 5.32 Å². The van der Waals surface area contributed by atoms with Crippen LogP contribution in [-0.4, -0.2) is 28.6 Å². The predicted octanol–water partition coefficient (Wildman–Crippen LogP) is 3.68. The van der Waals surface area contributed by atoms with Gasteiger partial charge in [-0.15, -0.1) is 0 Å². The highest BCUT2D eigenvalue weighted by atomic mass is 16.6. The number of non-ortho nitro benzene ring substituents is 1. The molecule has 1 amide bonds. The Balaban J connectivity index is 1.78. The molecule has 0 radical (unpaired) electrons. The van der Waals surface area contributed by atoms with Gasteiger partial charge >= 0.3 is 5.97 Å². The molecule has 2 unspecified atom stereocenters. The Labute approximate surface area is 184 Å². The number of carbonyl (C=O) groups is 3. The molecule has 8 heteroatoms. The first kappa shape index (κ1) is 21.4. The van der Waals surface area contributed by atoms with Crippen LogP contribution in [0.25, 0.3) is 0 Å². The van der Waals surface area contributed by atoms with Crippen molar-refractivity contribution in [1.29, 1.82) is 0 Å². The van der Waals surface area contributed by atoms with Gasteiger partial charge < -0.3 is 10.1 Å². The third-order valence-electron chi connectivity index (χ3n) is 5.79. The van der Waals surface area contributed by atoms with Crippen LogP contribution in [0.1, 0.15) is 48.5 Å². The van der Waals surface area contributed by atoms with Gasteiger partial charge in [-0.2, -0.15) is 0 Å². The number of amides is 1. The van der Waals surface area contributed by atoms with E-state index < -0.39 is 28.8 Å². The van der Waals surface area contributed by atoms with Crippen LogP contribution in [0.5, 0.6) is 0 Å². The maximum atomic E-state index is 13.1. The van der Waals surface area contributed by atoms with E-state index in [1.165, 1.54) is 24.3 Å². The van der Waals surface area contributed by atoms with Crippen molar-refractivity contribution in [2.45, 2.75) is 38.6 Å². The lowest BCUT2D eigenvalue weighted by Crippen LogP contribution is -2.51. The second-order valence-corrected chi connectivity index (χ2v) is 8.84. The molecule has 8 nitrogen and oxygen atoms in total. The van der Waals surface area contributed by atoms with Gasteiger partial charge in [-0.05, 0) is 23.1 Å². The average Bonchev–Trinajstić information content (AvgIpc) is 2.74. The molecule has 0 spiro atoms. The van der Waals surface area contributed by atoms with E-state index in [9.17, 15) is 24.5 Å². The molecule has 164 valence electrons. The minimum Gasteiger partial charge on any atom is -0.429 e. The summed E-state index contributed by atoms with van der Waals surface area (Å²) in [6.07, 6.45) is 0.675. The quantitative estimate of drug-likeness (QED) is 0.446. The highest BCUT2D eigenvalue weighted by molar-refractivity contribution is 6.03. The van der Waals surface area contributed by atoms with E-state index >= 15 is 0 Å². The SMILES string of the molecule is CC1(C)CC(=O)C2=C(C1)OC(=O)C(NC(=O)c1ccccc1)C2c1ccc([N+](=O)[O-])cc1. The van der Waals surface area contributed by atoms with Gasteiger partial charge in [0.25, 0.3) is 11.6 Å². The summed E-state index contributed by atoms with van der Waals surface area (Å²) in [5.74, 6) is -1.80. The number of hydrogen-bond acceptors (Lipinski definition) is 6. The number of nitrogens with zero attached hydrogens (tertiary/aromatic N) is 1. The summed E-state index contributed by atoms with van der Waals surface area (Å²) < 4.78 is 5.56. The molecule has 0 saturated carbocycles. The highest BCUT2D eigenvalue weighted by Gasteiger charge is 2.48. The molecular weight excluding hydrogens is 412 g/mol. The minimum atomic E-state index is -1.15. The average molecular weight is 434 g/mol. The first-order valence-electron chi connectivity index (χ1n) is 10.2. The van der Waals surface area contributed by atoms with Crippen LogP contribution in [0.15, 0.2) is 65.9 Å². The van der Waals surface area contributed by atoms with Gasteiger partial charge in [0.15, 0.2) is 5.78 Å². The molecule has 2 atom stereocenters. The zero-order chi connectivity index (χ0) is 23.0. The standard InChI is InChI=1S/C24H22N2O6/c1-24(2)12-17(27)20-18(13-24)32-23(29)21(25-22(28)15-6-4-3-5-7-15)19(20)14-8-10-16(11-9-14)26(30)31/h3-11,19,21H,12-13H2,1-2H3,(H,25,28). The van der Waals surface area contributed by atoms with E-state index in [2.05, 4.69) is 5.32 Å². The monoisotopic (exact) mass is 434 g/mol. The van der Waals surface area contributed by atoms with Gasteiger partial charge in [0.1, 0.15) is 11.8 Å². The Morgan fingerprint density at radius 1 is 1.06 bits per heavy atom. The van der Waals surface area contributed by atoms with Gasteiger partial charge in [0.2, 0.25) is 0 Å². The fraction of sp³-hybridized carbons (Fsp3) is 0.292. The van der Waals surface area contributed by atoms with Crippen molar-refractivity contribution in [3.8, 4) is 0 Å². The number of nitrogens with one attached hydrogen (secondary N) is 1. The fourth-order valence-corrected chi connectivity index (χ4v) is 4.32. The summed E-state index contributed by atoms with van der Waals surface area (Å²) in [5, 5.41) is 13.8. The van der Waals surface area contributed by atoms with Crippen molar-refractivity contribution >= 4 is 23.3 Å². The van der Waals surface area contributed by atoms with E-state index in [4.69, 9.17) is 4.74 Å². The summed E-state index contributed by atoms with van der Waals surface area (Å²) in [6, 6.07) is 12.9. The minimum absolute atomic E-state index is 0.109. The largest absolute Gasteiger partial charge is 0.429 e. The molecule has 4 rings (SSSR count). The zero-order valence-electron chi connectivity index (χ0n) is 17.7. The van der Waals surface area contributed by atoms with Crippen molar-refractivity contribution < 1.29 is 24.0 Å². The highest BCUT2D eigenvalue weighted by Crippen LogP contribution is 2.46. The summed E-state index contributed by atoms with van der Waals surface area (Å²) in [4.78, 5) is 49.5. The Morgan fingerprint density at radius 3 is 2.34 bits per heavy atom. The van der Waals surface area contributed by atoms with E-state index in [-0.39, 0.29) is 23.3 Å². The summed E-state index contributed by atoms with van der Waals surface area (Å²) in [6.45, 7) is 3.85. The molecule has 1 aliphatic heterocycles. The summed E-state index contributed by atoms with van der Waals surface area (Å²) in [5.41, 5.74) is 0.749. The third kappa shape index (κ3) is 4.03. The van der Waals surface area contributed by atoms with E-state index in [0.717, 1.165) is 0 Å². The lowest BCUT2D eigenvalue weighted by atomic mass is 9.70. The molecule has 2 aromatic carbocycles. The Bertz CT molecular complexity index is 1130. The number of nitro groups is 1. The maximum Gasteiger partial charge on any atom is 0.334 e. The van der Waals surface area contributed by atoms with Crippen molar-refractivity contribution in [3.63, 3.8) is 0 Å². The summed E-state index contributed by atoms with van der Waals surface area (Å²) in [7, 11) is 0. The second kappa shape index (κ2) is 8.03. The zero-order valence-corrected chi connectivity index (χ0v) is 17.7. The van der Waals surface area contributed by atoms with Gasteiger partial charge in [-0.25, -0.2) is 4.79 Å². The molecule has 0 aromatic heterocycles. The van der Waals surface area contributed by atoms with Crippen LogP contribution in [0.4, 0.5) is 5.69 Å². The van der Waals surface area contributed by atoms with E-state index in [1.807, 2.05) is 13.8 Å². The molecule has 1 aliphatic carbocycles. The van der Waals surface area contributed by atoms with Crippen molar-refractivity contribution in [2.24, 2.45) is 5.41 Å². The predicted molar refractivity (Wildman–Crippen MR) is 115 cm³/mol. The first-order chi connectivity index (χ1) is 15.2. The van der Waals surface area contributed by atoms with Gasteiger partial charge in [0.05, 0.1) is 4.92 Å². The normalized spacial score (nSPS) is 22.1. The molecule has 0 fully saturated rings. The second-order valence-electron chi connectivity index (χ2n) is 8.84. The number of ketones is 1. The first-order valence-corrected chi connectivity index (χ1v) is 10.2.